The van der Waals surface area contributed by atoms with Crippen molar-refractivity contribution >= 4 is 23.4 Å². The van der Waals surface area contributed by atoms with Gasteiger partial charge in [-0.15, -0.1) is 11.3 Å². The third kappa shape index (κ3) is 2.94. The molecule has 0 unspecified atom stereocenters. The molecule has 8 heteroatoms. The van der Waals surface area contributed by atoms with E-state index < -0.39 is 6.09 Å². The Balaban J connectivity index is 2.32. The first-order valence-electron chi connectivity index (χ1n) is 6.68. The molecule has 0 aromatic carbocycles. The van der Waals surface area contributed by atoms with Gasteiger partial charge in [0, 0.05) is 32.1 Å². The van der Waals surface area contributed by atoms with E-state index in [1.165, 1.54) is 23.3 Å². The minimum Gasteiger partial charge on any atom is -0.465 e. The summed E-state index contributed by atoms with van der Waals surface area (Å²) >= 11 is 1.48. The number of carboxylic acid groups (broad SMARTS) is 1. The predicted molar refractivity (Wildman–Crippen MR) is 77.7 cm³/mol. The summed E-state index contributed by atoms with van der Waals surface area (Å²) in [6.07, 6.45) is 0.530. The first kappa shape index (κ1) is 15.6. The molecule has 2 rings (SSSR count). The fourth-order valence-electron chi connectivity index (χ4n) is 2.62. The van der Waals surface area contributed by atoms with Crippen molar-refractivity contribution in [1.29, 1.82) is 0 Å². The molecule has 1 aliphatic heterocycles. The maximum Gasteiger partial charge on any atom is 0.407 e. The summed E-state index contributed by atoms with van der Waals surface area (Å²) in [6, 6.07) is 0. The number of thiazole rings is 1. The van der Waals surface area contributed by atoms with E-state index in [9.17, 15) is 9.59 Å². The van der Waals surface area contributed by atoms with Crippen LogP contribution in [0.3, 0.4) is 0 Å². The Morgan fingerprint density at radius 1 is 1.38 bits per heavy atom. The normalized spacial score (nSPS) is 17.1. The van der Waals surface area contributed by atoms with Gasteiger partial charge in [0.1, 0.15) is 5.69 Å². The largest absolute Gasteiger partial charge is 0.465 e. The van der Waals surface area contributed by atoms with Gasteiger partial charge in [0.15, 0.2) is 4.80 Å². The molecule has 0 radical (unpaired) electrons. The Labute approximate surface area is 126 Å². The van der Waals surface area contributed by atoms with Crippen LogP contribution in [0.5, 0.6) is 0 Å². The highest BCUT2D eigenvalue weighted by Gasteiger charge is 2.30. The quantitative estimate of drug-likeness (QED) is 0.833. The van der Waals surface area contributed by atoms with E-state index in [2.05, 4.69) is 4.99 Å². The second-order valence-corrected chi connectivity index (χ2v) is 5.92. The lowest BCUT2D eigenvalue weighted by molar-refractivity contribution is 0.0586. The smallest absolute Gasteiger partial charge is 0.407 e. The van der Waals surface area contributed by atoms with Gasteiger partial charge in [0.05, 0.1) is 7.11 Å². The molecule has 7 nitrogen and oxygen atoms in total. The molecule has 0 bridgehead atoms. The van der Waals surface area contributed by atoms with Crippen LogP contribution in [0.25, 0.3) is 0 Å². The van der Waals surface area contributed by atoms with Gasteiger partial charge in [-0.3, -0.25) is 4.99 Å². The summed E-state index contributed by atoms with van der Waals surface area (Å²) in [6.45, 7) is 0.974. The lowest BCUT2D eigenvalue weighted by Gasteiger charge is -2.29. The van der Waals surface area contributed by atoms with Crippen molar-refractivity contribution in [3.05, 3.63) is 15.4 Å². The molecule has 116 valence electrons. The van der Waals surface area contributed by atoms with Gasteiger partial charge < -0.3 is 19.3 Å². The summed E-state index contributed by atoms with van der Waals surface area (Å²) < 4.78 is 6.61. The number of piperidine rings is 1. The molecule has 1 fully saturated rings. The Morgan fingerprint density at radius 2 is 2.00 bits per heavy atom. The van der Waals surface area contributed by atoms with Gasteiger partial charge in [0.2, 0.25) is 0 Å². The maximum atomic E-state index is 12.0. The number of carbonyl (C=O) groups is 2. The Bertz CT molecular complexity index is 611. The first-order chi connectivity index (χ1) is 9.99. The van der Waals surface area contributed by atoms with Gasteiger partial charge in [-0.05, 0) is 18.8 Å². The molecule has 0 atom stereocenters. The summed E-state index contributed by atoms with van der Waals surface area (Å²) in [5.74, 6) is -0.208. The van der Waals surface area contributed by atoms with E-state index in [-0.39, 0.29) is 11.9 Å². The highest BCUT2D eigenvalue weighted by atomic mass is 32.1. The van der Waals surface area contributed by atoms with Crippen LogP contribution in [0.15, 0.2) is 4.99 Å². The zero-order chi connectivity index (χ0) is 15.6. The van der Waals surface area contributed by atoms with E-state index in [0.29, 0.717) is 31.6 Å². The Kier molecular flexibility index (Phi) is 4.66. The number of likely N-dealkylation sites (tertiary alicyclic amines) is 1. The molecular weight excluding hydrogens is 294 g/mol. The zero-order valence-electron chi connectivity index (χ0n) is 12.3. The standard InChI is InChI=1S/C13H19N3O4S/c1-14-12-15(2)9(11(17)20-3)10(21-12)8-4-6-16(7-5-8)13(18)19/h8H,4-7H2,1-3H3,(H,18,19). The van der Waals surface area contributed by atoms with Crippen LogP contribution in [0.2, 0.25) is 0 Å². The first-order valence-corrected chi connectivity index (χ1v) is 7.50. The van der Waals surface area contributed by atoms with Crippen LogP contribution in [-0.4, -0.2) is 53.9 Å². The van der Waals surface area contributed by atoms with E-state index in [0.717, 1.165) is 9.68 Å². The number of ether oxygens (including phenoxy) is 1. The SMILES string of the molecule is CN=c1sc(C2CCN(C(=O)O)CC2)c(C(=O)OC)n1C. The maximum absolute atomic E-state index is 12.0. The zero-order valence-corrected chi connectivity index (χ0v) is 13.1. The Morgan fingerprint density at radius 3 is 2.48 bits per heavy atom. The molecule has 2 heterocycles. The van der Waals surface area contributed by atoms with Gasteiger partial charge in [0.25, 0.3) is 0 Å². The number of rotatable bonds is 2. The number of amides is 1. The lowest BCUT2D eigenvalue weighted by atomic mass is 9.94. The molecule has 1 N–H and O–H groups in total. The van der Waals surface area contributed by atoms with Crippen LogP contribution >= 0.6 is 11.3 Å². The number of hydrogen-bond acceptors (Lipinski definition) is 5. The fourth-order valence-corrected chi connectivity index (χ4v) is 3.85. The molecule has 1 aliphatic rings. The van der Waals surface area contributed by atoms with Crippen molar-refractivity contribution < 1.29 is 19.4 Å². The molecule has 1 aromatic heterocycles. The van der Waals surface area contributed by atoms with Crippen molar-refractivity contribution in [2.45, 2.75) is 18.8 Å². The van der Waals surface area contributed by atoms with Gasteiger partial charge >= 0.3 is 12.1 Å². The summed E-state index contributed by atoms with van der Waals surface area (Å²) in [5, 5.41) is 9.00. The van der Waals surface area contributed by atoms with Crippen LogP contribution in [0.4, 0.5) is 4.79 Å². The Hall–Kier alpha value is -1.83. The summed E-state index contributed by atoms with van der Waals surface area (Å²) in [7, 11) is 4.84. The molecule has 0 aliphatic carbocycles. The average molecular weight is 313 g/mol. The molecule has 0 spiro atoms. The van der Waals surface area contributed by atoms with Crippen LogP contribution in [0, 0.1) is 0 Å². The number of hydrogen-bond donors (Lipinski definition) is 1. The highest BCUT2D eigenvalue weighted by molar-refractivity contribution is 7.09. The number of nitrogens with zero attached hydrogens (tertiary/aromatic N) is 3. The summed E-state index contributed by atoms with van der Waals surface area (Å²) in [4.78, 5) is 30.3. The topological polar surface area (TPSA) is 84.1 Å². The van der Waals surface area contributed by atoms with E-state index in [1.54, 1.807) is 18.7 Å². The van der Waals surface area contributed by atoms with Crippen LogP contribution in [-0.2, 0) is 11.8 Å². The van der Waals surface area contributed by atoms with E-state index >= 15 is 0 Å². The minimum absolute atomic E-state index is 0.168. The second-order valence-electron chi connectivity index (χ2n) is 4.92. The summed E-state index contributed by atoms with van der Waals surface area (Å²) in [5.41, 5.74) is 0.525. The molecular formula is C13H19N3O4S. The van der Waals surface area contributed by atoms with E-state index in [4.69, 9.17) is 9.84 Å². The van der Waals surface area contributed by atoms with Crippen LogP contribution < -0.4 is 4.80 Å². The molecule has 21 heavy (non-hydrogen) atoms. The monoisotopic (exact) mass is 313 g/mol. The minimum atomic E-state index is -0.886. The van der Waals surface area contributed by atoms with Gasteiger partial charge in [-0.1, -0.05) is 0 Å². The third-order valence-corrected chi connectivity index (χ3v) is 5.15. The average Bonchev–Trinajstić information content (AvgIpc) is 2.83. The van der Waals surface area contributed by atoms with Crippen molar-refractivity contribution in [3.8, 4) is 0 Å². The molecule has 1 aromatic rings. The van der Waals surface area contributed by atoms with Gasteiger partial charge in [-0.25, -0.2) is 9.59 Å². The van der Waals surface area contributed by atoms with Crippen molar-refractivity contribution in [3.63, 3.8) is 0 Å². The van der Waals surface area contributed by atoms with E-state index in [1.807, 2.05) is 0 Å². The molecule has 0 saturated carbocycles. The lowest BCUT2D eigenvalue weighted by Crippen LogP contribution is -2.37. The van der Waals surface area contributed by atoms with Crippen LogP contribution in [0.1, 0.15) is 34.1 Å². The third-order valence-electron chi connectivity index (χ3n) is 3.76. The van der Waals surface area contributed by atoms with Crippen molar-refractivity contribution in [2.24, 2.45) is 12.0 Å². The number of aromatic nitrogens is 1. The fraction of sp³-hybridized carbons (Fsp3) is 0.615. The number of methoxy groups -OCH3 is 1. The predicted octanol–water partition coefficient (Wildman–Crippen LogP) is 1.26. The second kappa shape index (κ2) is 6.30. The molecule has 1 amide bonds. The highest BCUT2D eigenvalue weighted by Crippen LogP contribution is 2.32. The van der Waals surface area contributed by atoms with Crippen molar-refractivity contribution in [1.82, 2.24) is 9.47 Å². The number of carbonyl (C=O) groups excluding carboxylic acids is 1. The molecule has 1 saturated heterocycles. The van der Waals surface area contributed by atoms with Gasteiger partial charge in [-0.2, -0.15) is 0 Å². The number of esters is 1. The van der Waals surface area contributed by atoms with Crippen molar-refractivity contribution in [2.75, 3.05) is 27.2 Å².